The van der Waals surface area contributed by atoms with Gasteiger partial charge in [-0.1, -0.05) is 6.07 Å². The van der Waals surface area contributed by atoms with Gasteiger partial charge in [-0.3, -0.25) is 9.59 Å². The zero-order valence-corrected chi connectivity index (χ0v) is 14.0. The van der Waals surface area contributed by atoms with E-state index >= 15 is 0 Å². The van der Waals surface area contributed by atoms with Crippen molar-refractivity contribution in [3.63, 3.8) is 0 Å². The van der Waals surface area contributed by atoms with Crippen LogP contribution in [0.15, 0.2) is 35.1 Å². The Bertz CT molecular complexity index is 835. The smallest absolute Gasteiger partial charge is 0.267 e. The number of carbonyl (C=O) groups is 1. The molecule has 1 aromatic heterocycles. The minimum atomic E-state index is -0.772. The average molecular weight is 345 g/mol. The number of benzene rings is 1. The number of nitrogens with one attached hydrogen (secondary N) is 1. The number of amides is 1. The third-order valence-electron chi connectivity index (χ3n) is 4.12. The predicted molar refractivity (Wildman–Crippen MR) is 90.0 cm³/mol. The number of ether oxygens (including phenoxy) is 1. The van der Waals surface area contributed by atoms with Crippen molar-refractivity contribution in [2.24, 2.45) is 0 Å². The van der Waals surface area contributed by atoms with Crippen molar-refractivity contribution in [3.8, 4) is 5.75 Å². The molecule has 2 aromatic rings. The van der Waals surface area contributed by atoms with Crippen molar-refractivity contribution in [1.82, 2.24) is 15.1 Å². The highest BCUT2D eigenvalue weighted by atomic mass is 19.1. The van der Waals surface area contributed by atoms with E-state index in [-0.39, 0.29) is 18.0 Å². The molecule has 1 heterocycles. The molecule has 0 fully saturated rings. The molecule has 1 aromatic carbocycles. The molecule has 1 amide bonds. The van der Waals surface area contributed by atoms with Gasteiger partial charge in [-0.15, -0.1) is 0 Å². The molecule has 1 atom stereocenters. The number of halogens is 1. The molecule has 0 aliphatic heterocycles. The summed E-state index contributed by atoms with van der Waals surface area (Å²) >= 11 is 0. The summed E-state index contributed by atoms with van der Waals surface area (Å²) in [6, 6.07) is 7.26. The maximum Gasteiger partial charge on any atom is 0.267 e. The van der Waals surface area contributed by atoms with E-state index in [4.69, 9.17) is 4.74 Å². The summed E-state index contributed by atoms with van der Waals surface area (Å²) in [6.45, 7) is 2.14. The standard InChI is InChI=1S/C18H20FN3O3/c1-12(25-15-6-3-5-14(19)11-15)18(24)20-8-9-22-17(23)10-13-4-2-7-16(13)21-22/h3,5-6,10-12H,2,4,7-9H2,1H3,(H,20,24). The van der Waals surface area contributed by atoms with Crippen molar-refractivity contribution < 1.29 is 13.9 Å². The van der Waals surface area contributed by atoms with E-state index in [9.17, 15) is 14.0 Å². The van der Waals surface area contributed by atoms with Gasteiger partial charge in [0.15, 0.2) is 6.10 Å². The zero-order chi connectivity index (χ0) is 17.8. The Kier molecular flexibility index (Phi) is 5.11. The molecule has 1 N–H and O–H groups in total. The molecule has 6 nitrogen and oxygen atoms in total. The van der Waals surface area contributed by atoms with Crippen LogP contribution >= 0.6 is 0 Å². The lowest BCUT2D eigenvalue weighted by Gasteiger charge is -2.15. The second kappa shape index (κ2) is 7.46. The first kappa shape index (κ1) is 17.1. The minimum Gasteiger partial charge on any atom is -0.481 e. The quantitative estimate of drug-likeness (QED) is 0.860. The van der Waals surface area contributed by atoms with Gasteiger partial charge < -0.3 is 10.1 Å². The van der Waals surface area contributed by atoms with Crippen LogP contribution in [0.1, 0.15) is 24.6 Å². The fourth-order valence-electron chi connectivity index (χ4n) is 2.83. The molecule has 1 aliphatic rings. The Morgan fingerprint density at radius 2 is 2.24 bits per heavy atom. The molecule has 0 bridgehead atoms. The normalized spacial score (nSPS) is 14.0. The Hall–Kier alpha value is -2.70. The molecule has 1 unspecified atom stereocenters. The molecule has 1 aliphatic carbocycles. The molecule has 3 rings (SSSR count). The number of fused-ring (bicyclic) bond motifs is 1. The third kappa shape index (κ3) is 4.23. The summed E-state index contributed by atoms with van der Waals surface area (Å²) in [5.41, 5.74) is 1.84. The Balaban J connectivity index is 1.51. The van der Waals surface area contributed by atoms with Crippen LogP contribution in [-0.2, 0) is 24.2 Å². The Labute approximate surface area is 144 Å². The Morgan fingerprint density at radius 1 is 1.40 bits per heavy atom. The van der Waals surface area contributed by atoms with Crippen LogP contribution in [0.4, 0.5) is 4.39 Å². The van der Waals surface area contributed by atoms with Crippen molar-refractivity contribution in [2.45, 2.75) is 38.8 Å². The van der Waals surface area contributed by atoms with Gasteiger partial charge in [0.25, 0.3) is 11.5 Å². The minimum absolute atomic E-state index is 0.154. The number of aromatic nitrogens is 2. The maximum absolute atomic E-state index is 13.1. The molecule has 132 valence electrons. The molecule has 0 saturated carbocycles. The summed E-state index contributed by atoms with van der Waals surface area (Å²) in [5.74, 6) is -0.468. The van der Waals surface area contributed by atoms with Gasteiger partial charge in [-0.2, -0.15) is 5.10 Å². The second-order valence-corrected chi connectivity index (χ2v) is 6.04. The fourth-order valence-corrected chi connectivity index (χ4v) is 2.83. The number of hydrogen-bond acceptors (Lipinski definition) is 4. The van der Waals surface area contributed by atoms with Crippen molar-refractivity contribution in [3.05, 3.63) is 57.8 Å². The van der Waals surface area contributed by atoms with E-state index in [2.05, 4.69) is 10.4 Å². The van der Waals surface area contributed by atoms with Gasteiger partial charge in [0.1, 0.15) is 11.6 Å². The van der Waals surface area contributed by atoms with Crippen molar-refractivity contribution >= 4 is 5.91 Å². The van der Waals surface area contributed by atoms with E-state index in [1.54, 1.807) is 19.1 Å². The topological polar surface area (TPSA) is 73.2 Å². The molecule has 0 radical (unpaired) electrons. The average Bonchev–Trinajstić information content (AvgIpc) is 3.02. The number of rotatable bonds is 6. The third-order valence-corrected chi connectivity index (χ3v) is 4.12. The van der Waals surface area contributed by atoms with Crippen LogP contribution in [-0.4, -0.2) is 28.3 Å². The second-order valence-electron chi connectivity index (χ2n) is 6.04. The monoisotopic (exact) mass is 345 g/mol. The van der Waals surface area contributed by atoms with Gasteiger partial charge in [-0.05, 0) is 43.9 Å². The van der Waals surface area contributed by atoms with Gasteiger partial charge in [0.2, 0.25) is 0 Å². The summed E-state index contributed by atoms with van der Waals surface area (Å²) < 4.78 is 19.9. The number of carbonyl (C=O) groups excluding carboxylic acids is 1. The highest BCUT2D eigenvalue weighted by Crippen LogP contribution is 2.17. The van der Waals surface area contributed by atoms with E-state index in [0.29, 0.717) is 12.3 Å². The highest BCUT2D eigenvalue weighted by Gasteiger charge is 2.16. The molecule has 25 heavy (non-hydrogen) atoms. The van der Waals surface area contributed by atoms with Crippen LogP contribution in [0, 0.1) is 5.82 Å². The molecule has 0 saturated heterocycles. The SMILES string of the molecule is CC(Oc1cccc(F)c1)C(=O)NCCn1nc2c(cc1=O)CCC2. The lowest BCUT2D eigenvalue weighted by atomic mass is 10.2. The Morgan fingerprint density at radius 3 is 3.04 bits per heavy atom. The number of aryl methyl sites for hydroxylation is 2. The molecule has 7 heteroatoms. The number of nitrogens with zero attached hydrogens (tertiary/aromatic N) is 2. The fraction of sp³-hybridized carbons (Fsp3) is 0.389. The van der Waals surface area contributed by atoms with Crippen LogP contribution < -0.4 is 15.6 Å². The predicted octanol–water partition coefficient (Wildman–Crippen LogP) is 1.45. The van der Waals surface area contributed by atoms with Gasteiger partial charge >= 0.3 is 0 Å². The van der Waals surface area contributed by atoms with Gasteiger partial charge in [0, 0.05) is 18.7 Å². The molecular formula is C18H20FN3O3. The van der Waals surface area contributed by atoms with Crippen LogP contribution in [0.2, 0.25) is 0 Å². The first-order valence-electron chi connectivity index (χ1n) is 8.33. The highest BCUT2D eigenvalue weighted by molar-refractivity contribution is 5.80. The van der Waals surface area contributed by atoms with E-state index in [1.807, 2.05) is 0 Å². The summed E-state index contributed by atoms with van der Waals surface area (Å²) in [6.07, 6.45) is 2.05. The van der Waals surface area contributed by atoms with Crippen LogP contribution in [0.3, 0.4) is 0 Å². The summed E-state index contributed by atoms with van der Waals surface area (Å²) in [4.78, 5) is 24.0. The van der Waals surface area contributed by atoms with Gasteiger partial charge in [-0.25, -0.2) is 9.07 Å². The van der Waals surface area contributed by atoms with E-state index in [1.165, 1.54) is 22.9 Å². The van der Waals surface area contributed by atoms with E-state index < -0.39 is 11.9 Å². The summed E-state index contributed by atoms with van der Waals surface area (Å²) in [7, 11) is 0. The molecule has 0 spiro atoms. The van der Waals surface area contributed by atoms with E-state index in [0.717, 1.165) is 30.5 Å². The number of hydrogen-bond donors (Lipinski definition) is 1. The first-order valence-corrected chi connectivity index (χ1v) is 8.33. The summed E-state index contributed by atoms with van der Waals surface area (Å²) in [5, 5.41) is 7.06. The largest absolute Gasteiger partial charge is 0.481 e. The first-order chi connectivity index (χ1) is 12.0. The lowest BCUT2D eigenvalue weighted by Crippen LogP contribution is -2.39. The van der Waals surface area contributed by atoms with Gasteiger partial charge in [0.05, 0.1) is 12.2 Å². The zero-order valence-electron chi connectivity index (χ0n) is 14.0. The van der Waals surface area contributed by atoms with Crippen molar-refractivity contribution in [1.29, 1.82) is 0 Å². The lowest BCUT2D eigenvalue weighted by molar-refractivity contribution is -0.127. The van der Waals surface area contributed by atoms with Crippen molar-refractivity contribution in [2.75, 3.05) is 6.54 Å². The maximum atomic E-state index is 13.1. The van der Waals surface area contributed by atoms with Crippen LogP contribution in [0.5, 0.6) is 5.75 Å². The van der Waals surface area contributed by atoms with Crippen LogP contribution in [0.25, 0.3) is 0 Å². The molecular weight excluding hydrogens is 325 g/mol.